The topological polar surface area (TPSA) is 112 Å². The number of carbonyl (C=O) groups excluding carboxylic acids is 1. The Kier molecular flexibility index (Phi) is 3.08. The van der Waals surface area contributed by atoms with Crippen molar-refractivity contribution in [1.29, 1.82) is 0 Å². The van der Waals surface area contributed by atoms with Crippen LogP contribution in [0.1, 0.15) is 18.1 Å². The minimum atomic E-state index is -1.21. The molecule has 0 bridgehead atoms. The molecule has 0 saturated carbocycles. The van der Waals surface area contributed by atoms with E-state index in [1.165, 1.54) is 6.20 Å². The molecule has 0 fully saturated rings. The summed E-state index contributed by atoms with van der Waals surface area (Å²) in [6.45, 7) is 0. The van der Waals surface area contributed by atoms with Gasteiger partial charge in [-0.15, -0.1) is 0 Å². The van der Waals surface area contributed by atoms with Crippen LogP contribution in [0.15, 0.2) is 24.5 Å². The van der Waals surface area contributed by atoms with Crippen LogP contribution in [-0.4, -0.2) is 32.2 Å². The smallest absolute Gasteiger partial charge is 0.220 e. The van der Waals surface area contributed by atoms with Crippen LogP contribution in [0.5, 0.6) is 0 Å². The van der Waals surface area contributed by atoms with Crippen molar-refractivity contribution in [3.05, 3.63) is 30.1 Å². The Balaban J connectivity index is 2.32. The van der Waals surface area contributed by atoms with E-state index in [0.29, 0.717) is 16.6 Å². The van der Waals surface area contributed by atoms with Crippen LogP contribution < -0.4 is 5.73 Å². The van der Waals surface area contributed by atoms with Crippen molar-refractivity contribution in [2.45, 2.75) is 18.6 Å². The van der Waals surface area contributed by atoms with Gasteiger partial charge in [0.25, 0.3) is 0 Å². The highest BCUT2D eigenvalue weighted by molar-refractivity contribution is 5.80. The molecule has 5 N–H and O–H groups in total. The van der Waals surface area contributed by atoms with Gasteiger partial charge in [0.05, 0.1) is 12.5 Å². The van der Waals surface area contributed by atoms with E-state index >= 15 is 0 Å². The predicted octanol–water partition coefficient (Wildman–Crippen LogP) is -0.167. The van der Waals surface area contributed by atoms with E-state index in [4.69, 9.17) is 5.73 Å². The largest absolute Gasteiger partial charge is 0.390 e. The first-order chi connectivity index (χ1) is 8.09. The summed E-state index contributed by atoms with van der Waals surface area (Å²) >= 11 is 0. The third kappa shape index (κ3) is 2.27. The van der Waals surface area contributed by atoms with Crippen molar-refractivity contribution in [2.24, 2.45) is 5.73 Å². The molecule has 2 rings (SSSR count). The van der Waals surface area contributed by atoms with Gasteiger partial charge in [0.15, 0.2) is 0 Å². The van der Waals surface area contributed by atoms with Crippen molar-refractivity contribution in [3.63, 3.8) is 0 Å². The summed E-state index contributed by atoms with van der Waals surface area (Å²) in [7, 11) is 0. The lowest BCUT2D eigenvalue weighted by molar-refractivity contribution is -0.121. The van der Waals surface area contributed by atoms with Gasteiger partial charge >= 0.3 is 0 Å². The summed E-state index contributed by atoms with van der Waals surface area (Å²) in [4.78, 5) is 17.7. The zero-order chi connectivity index (χ0) is 12.4. The number of aliphatic hydroxyl groups is 2. The van der Waals surface area contributed by atoms with Crippen molar-refractivity contribution >= 4 is 16.9 Å². The summed E-state index contributed by atoms with van der Waals surface area (Å²) in [5, 5.41) is 20.3. The molecule has 2 aromatic heterocycles. The van der Waals surface area contributed by atoms with Gasteiger partial charge in [-0.1, -0.05) is 0 Å². The van der Waals surface area contributed by atoms with E-state index in [0.717, 1.165) is 0 Å². The van der Waals surface area contributed by atoms with Crippen LogP contribution in [0.4, 0.5) is 0 Å². The van der Waals surface area contributed by atoms with Gasteiger partial charge in [-0.3, -0.25) is 4.79 Å². The molecule has 2 atom stereocenters. The quantitative estimate of drug-likeness (QED) is 0.589. The number of aromatic amines is 1. The number of aliphatic hydroxyl groups excluding tert-OH is 2. The second-order valence-electron chi connectivity index (χ2n) is 3.82. The number of aromatic nitrogens is 2. The molecule has 6 nitrogen and oxygen atoms in total. The van der Waals surface area contributed by atoms with Crippen LogP contribution in [0.25, 0.3) is 11.0 Å². The van der Waals surface area contributed by atoms with Crippen LogP contribution in [0.3, 0.4) is 0 Å². The Morgan fingerprint density at radius 1 is 1.47 bits per heavy atom. The maximum absolute atomic E-state index is 10.7. The van der Waals surface area contributed by atoms with Crippen molar-refractivity contribution in [2.75, 3.05) is 0 Å². The molecule has 17 heavy (non-hydrogen) atoms. The fourth-order valence-electron chi connectivity index (χ4n) is 1.77. The molecule has 0 saturated heterocycles. The number of hydrogen-bond donors (Lipinski definition) is 4. The third-order valence-electron chi connectivity index (χ3n) is 2.59. The maximum Gasteiger partial charge on any atom is 0.220 e. The summed E-state index contributed by atoms with van der Waals surface area (Å²) in [6, 6.07) is 3.35. The Bertz CT molecular complexity index is 537. The van der Waals surface area contributed by atoms with E-state index in [-0.39, 0.29) is 6.42 Å². The van der Waals surface area contributed by atoms with E-state index in [1.54, 1.807) is 18.3 Å². The fourth-order valence-corrected chi connectivity index (χ4v) is 1.77. The fraction of sp³-hybridized carbons (Fsp3) is 0.273. The lowest BCUT2D eigenvalue weighted by atomic mass is 10.0. The second kappa shape index (κ2) is 4.52. The average Bonchev–Trinajstić information content (AvgIpc) is 2.74. The van der Waals surface area contributed by atoms with E-state index in [1.807, 2.05) is 0 Å². The highest BCUT2D eigenvalue weighted by Crippen LogP contribution is 2.25. The molecule has 2 unspecified atom stereocenters. The molecule has 0 aliphatic heterocycles. The number of hydrogen-bond acceptors (Lipinski definition) is 4. The van der Waals surface area contributed by atoms with Gasteiger partial charge in [-0.2, -0.15) is 0 Å². The molecular weight excluding hydrogens is 222 g/mol. The van der Waals surface area contributed by atoms with Crippen molar-refractivity contribution < 1.29 is 15.0 Å². The van der Waals surface area contributed by atoms with Gasteiger partial charge < -0.3 is 20.9 Å². The van der Waals surface area contributed by atoms with E-state index in [9.17, 15) is 15.0 Å². The van der Waals surface area contributed by atoms with E-state index in [2.05, 4.69) is 9.97 Å². The summed E-state index contributed by atoms with van der Waals surface area (Å²) < 4.78 is 0. The molecule has 2 heterocycles. The molecule has 0 spiro atoms. The van der Waals surface area contributed by atoms with Gasteiger partial charge in [0, 0.05) is 17.8 Å². The van der Waals surface area contributed by atoms with E-state index < -0.39 is 18.1 Å². The number of H-pyrrole nitrogens is 1. The third-order valence-corrected chi connectivity index (χ3v) is 2.59. The number of nitrogens with two attached hydrogens (primary N) is 1. The Hall–Kier alpha value is -1.92. The SMILES string of the molecule is NC(=O)CC(O)C(O)c1ccnc2[nH]ccc12. The average molecular weight is 235 g/mol. The number of rotatable bonds is 4. The Morgan fingerprint density at radius 2 is 2.24 bits per heavy atom. The first-order valence-corrected chi connectivity index (χ1v) is 5.16. The minimum Gasteiger partial charge on any atom is -0.390 e. The maximum atomic E-state index is 10.7. The summed E-state index contributed by atoms with van der Waals surface area (Å²) in [5.74, 6) is -0.657. The van der Waals surface area contributed by atoms with Crippen LogP contribution in [0, 0.1) is 0 Å². The highest BCUT2D eigenvalue weighted by Gasteiger charge is 2.22. The molecule has 0 radical (unpaired) electrons. The number of amides is 1. The number of primary amides is 1. The molecule has 6 heteroatoms. The van der Waals surface area contributed by atoms with Crippen molar-refractivity contribution in [1.82, 2.24) is 9.97 Å². The van der Waals surface area contributed by atoms with Gasteiger partial charge in [0.1, 0.15) is 11.8 Å². The zero-order valence-electron chi connectivity index (χ0n) is 9.00. The lowest BCUT2D eigenvalue weighted by Crippen LogP contribution is -2.25. The first-order valence-electron chi connectivity index (χ1n) is 5.16. The number of nitrogens with one attached hydrogen (secondary N) is 1. The lowest BCUT2D eigenvalue weighted by Gasteiger charge is -2.17. The predicted molar refractivity (Wildman–Crippen MR) is 60.9 cm³/mol. The molecule has 0 aromatic carbocycles. The molecule has 0 aliphatic carbocycles. The molecule has 1 amide bonds. The number of fused-ring (bicyclic) bond motifs is 1. The Morgan fingerprint density at radius 3 is 2.94 bits per heavy atom. The molecular formula is C11H13N3O3. The van der Waals surface area contributed by atoms with Crippen molar-refractivity contribution in [3.8, 4) is 0 Å². The molecule has 2 aromatic rings. The van der Waals surface area contributed by atoms with Crippen LogP contribution in [0.2, 0.25) is 0 Å². The highest BCUT2D eigenvalue weighted by atomic mass is 16.3. The number of nitrogens with zero attached hydrogens (tertiary/aromatic N) is 1. The molecule has 0 aliphatic rings. The standard InChI is InChI=1S/C11H13N3O3/c12-9(16)5-8(15)10(17)6-1-3-13-11-7(6)2-4-14-11/h1-4,8,10,15,17H,5H2,(H2,12,16)(H,13,14). The molecule has 90 valence electrons. The summed E-state index contributed by atoms with van der Waals surface area (Å²) in [6.07, 6.45) is 0.551. The Labute approximate surface area is 97.1 Å². The zero-order valence-corrected chi connectivity index (χ0v) is 9.00. The monoisotopic (exact) mass is 235 g/mol. The minimum absolute atomic E-state index is 0.282. The van der Waals surface area contributed by atoms with Gasteiger partial charge in [-0.05, 0) is 17.7 Å². The summed E-state index contributed by atoms with van der Waals surface area (Å²) in [5.41, 5.74) is 6.11. The first kappa shape index (κ1) is 11.6. The number of pyridine rings is 1. The normalized spacial score (nSPS) is 14.7. The van der Waals surface area contributed by atoms with Crippen LogP contribution in [-0.2, 0) is 4.79 Å². The number of carbonyl (C=O) groups is 1. The van der Waals surface area contributed by atoms with Crippen LogP contribution >= 0.6 is 0 Å². The van der Waals surface area contributed by atoms with Gasteiger partial charge in [0.2, 0.25) is 5.91 Å². The second-order valence-corrected chi connectivity index (χ2v) is 3.82. The van der Waals surface area contributed by atoms with Gasteiger partial charge in [-0.25, -0.2) is 4.98 Å².